The first-order chi connectivity index (χ1) is 15.5. The molecule has 164 valence electrons. The normalized spacial score (nSPS) is 10.1. The van der Waals surface area contributed by atoms with E-state index in [9.17, 15) is 14.4 Å². The molecule has 0 unspecified atom stereocenters. The Morgan fingerprint density at radius 3 is 2.44 bits per heavy atom. The highest BCUT2D eigenvalue weighted by Gasteiger charge is 2.13. The predicted octanol–water partition coefficient (Wildman–Crippen LogP) is 3.21. The maximum Gasteiger partial charge on any atom is 0.269 e. The SMILES string of the molecule is CNC(=O)c1cc(Oc2cccc(NC(=O)CC(=O)Nc3ccccc3OC)c2)ccn1. The van der Waals surface area contributed by atoms with Crippen molar-refractivity contribution in [3.63, 3.8) is 0 Å². The van der Waals surface area contributed by atoms with Crippen LogP contribution in [0.5, 0.6) is 17.2 Å². The molecule has 0 radical (unpaired) electrons. The highest BCUT2D eigenvalue weighted by molar-refractivity contribution is 6.08. The van der Waals surface area contributed by atoms with Gasteiger partial charge < -0.3 is 25.4 Å². The number of aromatic nitrogens is 1. The van der Waals surface area contributed by atoms with Crippen LogP contribution in [-0.2, 0) is 9.59 Å². The van der Waals surface area contributed by atoms with Crippen LogP contribution in [0.15, 0.2) is 66.9 Å². The Morgan fingerprint density at radius 1 is 0.906 bits per heavy atom. The summed E-state index contributed by atoms with van der Waals surface area (Å²) in [6, 6.07) is 16.7. The molecule has 0 aliphatic rings. The van der Waals surface area contributed by atoms with Crippen molar-refractivity contribution >= 4 is 29.1 Å². The van der Waals surface area contributed by atoms with E-state index in [4.69, 9.17) is 9.47 Å². The number of hydrogen-bond donors (Lipinski definition) is 3. The third kappa shape index (κ3) is 6.05. The first-order valence-corrected chi connectivity index (χ1v) is 9.67. The lowest BCUT2D eigenvalue weighted by Crippen LogP contribution is -2.21. The number of carbonyl (C=O) groups excluding carboxylic acids is 3. The highest BCUT2D eigenvalue weighted by Crippen LogP contribution is 2.25. The van der Waals surface area contributed by atoms with Crippen LogP contribution in [0.1, 0.15) is 16.9 Å². The van der Waals surface area contributed by atoms with Gasteiger partial charge in [-0.2, -0.15) is 0 Å². The van der Waals surface area contributed by atoms with Gasteiger partial charge in [-0.1, -0.05) is 18.2 Å². The monoisotopic (exact) mass is 434 g/mol. The molecule has 3 rings (SSSR count). The molecule has 0 saturated heterocycles. The molecule has 3 N–H and O–H groups in total. The Morgan fingerprint density at radius 2 is 1.66 bits per heavy atom. The summed E-state index contributed by atoms with van der Waals surface area (Å²) in [5.74, 6) is 0.0662. The number of methoxy groups -OCH3 is 1. The summed E-state index contributed by atoms with van der Waals surface area (Å²) in [6.07, 6.45) is 1.09. The van der Waals surface area contributed by atoms with Gasteiger partial charge in [0.15, 0.2) is 0 Å². The number of benzene rings is 2. The van der Waals surface area contributed by atoms with Crippen molar-refractivity contribution in [2.45, 2.75) is 6.42 Å². The molecule has 0 aliphatic heterocycles. The summed E-state index contributed by atoms with van der Waals surface area (Å²) in [5.41, 5.74) is 1.16. The van der Waals surface area contributed by atoms with Crippen LogP contribution in [0.2, 0.25) is 0 Å². The summed E-state index contributed by atoms with van der Waals surface area (Å²) < 4.78 is 10.9. The lowest BCUT2D eigenvalue weighted by molar-refractivity contribution is -0.123. The third-order valence-electron chi connectivity index (χ3n) is 4.25. The first-order valence-electron chi connectivity index (χ1n) is 9.67. The van der Waals surface area contributed by atoms with E-state index in [2.05, 4.69) is 20.9 Å². The fraction of sp³-hybridized carbons (Fsp3) is 0.130. The highest BCUT2D eigenvalue weighted by atomic mass is 16.5. The Kier molecular flexibility index (Phi) is 7.37. The topological polar surface area (TPSA) is 119 Å². The van der Waals surface area contributed by atoms with Crippen LogP contribution in [0.25, 0.3) is 0 Å². The third-order valence-corrected chi connectivity index (χ3v) is 4.25. The zero-order chi connectivity index (χ0) is 22.9. The number of nitrogens with zero attached hydrogens (tertiary/aromatic N) is 1. The molecule has 3 amide bonds. The van der Waals surface area contributed by atoms with Gasteiger partial charge in [0.25, 0.3) is 5.91 Å². The van der Waals surface area contributed by atoms with Gasteiger partial charge in [-0.25, -0.2) is 0 Å². The summed E-state index contributed by atoms with van der Waals surface area (Å²) in [6.45, 7) is 0. The Bertz CT molecular complexity index is 1130. The van der Waals surface area contributed by atoms with E-state index in [0.717, 1.165) is 0 Å². The number of rotatable bonds is 8. The molecule has 1 heterocycles. The number of amides is 3. The molecule has 3 aromatic rings. The lowest BCUT2D eigenvalue weighted by atomic mass is 10.2. The van der Waals surface area contributed by atoms with E-state index < -0.39 is 11.8 Å². The van der Waals surface area contributed by atoms with Crippen LogP contribution >= 0.6 is 0 Å². The number of carbonyl (C=O) groups is 3. The fourth-order valence-corrected chi connectivity index (χ4v) is 2.79. The van der Waals surface area contributed by atoms with E-state index in [1.807, 2.05) is 0 Å². The molecule has 1 aromatic heterocycles. The van der Waals surface area contributed by atoms with Gasteiger partial charge in [0.1, 0.15) is 29.4 Å². The summed E-state index contributed by atoms with van der Waals surface area (Å²) >= 11 is 0. The van der Waals surface area contributed by atoms with Crippen molar-refractivity contribution in [2.24, 2.45) is 0 Å². The molecular weight excluding hydrogens is 412 g/mol. The molecule has 0 spiro atoms. The zero-order valence-corrected chi connectivity index (χ0v) is 17.5. The molecule has 9 heteroatoms. The van der Waals surface area contributed by atoms with Crippen molar-refractivity contribution in [3.8, 4) is 17.2 Å². The Labute approximate surface area is 184 Å². The first kappa shape index (κ1) is 22.3. The predicted molar refractivity (Wildman–Crippen MR) is 119 cm³/mol. The molecular formula is C23H22N4O5. The van der Waals surface area contributed by atoms with E-state index in [-0.39, 0.29) is 18.0 Å². The molecule has 0 aliphatic carbocycles. The second-order valence-electron chi connectivity index (χ2n) is 6.56. The average molecular weight is 434 g/mol. The van der Waals surface area contributed by atoms with Crippen LogP contribution in [-0.4, -0.2) is 36.9 Å². The minimum absolute atomic E-state index is 0.218. The maximum absolute atomic E-state index is 12.3. The van der Waals surface area contributed by atoms with Gasteiger partial charge in [0.05, 0.1) is 12.8 Å². The van der Waals surface area contributed by atoms with E-state index >= 15 is 0 Å². The molecule has 0 fully saturated rings. The van der Waals surface area contributed by atoms with E-state index in [1.54, 1.807) is 54.6 Å². The second kappa shape index (κ2) is 10.6. The number of para-hydroxylation sites is 2. The van der Waals surface area contributed by atoms with Gasteiger partial charge in [0.2, 0.25) is 11.8 Å². The smallest absolute Gasteiger partial charge is 0.269 e. The van der Waals surface area contributed by atoms with Gasteiger partial charge >= 0.3 is 0 Å². The number of anilines is 2. The van der Waals surface area contributed by atoms with Crippen LogP contribution < -0.4 is 25.4 Å². The number of hydrogen-bond acceptors (Lipinski definition) is 6. The van der Waals surface area contributed by atoms with Crippen LogP contribution in [0, 0.1) is 0 Å². The van der Waals surface area contributed by atoms with Crippen molar-refractivity contribution in [1.82, 2.24) is 10.3 Å². The lowest BCUT2D eigenvalue weighted by Gasteiger charge is -2.11. The minimum Gasteiger partial charge on any atom is -0.495 e. The summed E-state index contributed by atoms with van der Waals surface area (Å²) in [7, 11) is 3.01. The molecule has 0 bridgehead atoms. The molecule has 0 saturated carbocycles. The molecule has 32 heavy (non-hydrogen) atoms. The maximum atomic E-state index is 12.3. The van der Waals surface area contributed by atoms with Crippen LogP contribution in [0.3, 0.4) is 0 Å². The van der Waals surface area contributed by atoms with Crippen molar-refractivity contribution in [2.75, 3.05) is 24.8 Å². The Balaban J connectivity index is 1.60. The minimum atomic E-state index is -0.486. The summed E-state index contributed by atoms with van der Waals surface area (Å²) in [4.78, 5) is 40.2. The van der Waals surface area contributed by atoms with E-state index in [1.165, 1.54) is 26.4 Å². The van der Waals surface area contributed by atoms with Gasteiger partial charge in [0, 0.05) is 31.1 Å². The number of pyridine rings is 1. The second-order valence-corrected chi connectivity index (χ2v) is 6.56. The largest absolute Gasteiger partial charge is 0.495 e. The van der Waals surface area contributed by atoms with Crippen LogP contribution in [0.4, 0.5) is 11.4 Å². The zero-order valence-electron chi connectivity index (χ0n) is 17.5. The average Bonchev–Trinajstić information content (AvgIpc) is 2.79. The van der Waals surface area contributed by atoms with Crippen molar-refractivity contribution in [3.05, 3.63) is 72.6 Å². The fourth-order valence-electron chi connectivity index (χ4n) is 2.79. The standard InChI is InChI=1S/C23H22N4O5/c1-24-23(30)19-13-17(10-11-25-19)32-16-7-5-6-15(12-16)26-21(28)14-22(29)27-18-8-3-4-9-20(18)31-2/h3-13H,14H2,1-2H3,(H,24,30)(H,26,28)(H,27,29). The summed E-state index contributed by atoms with van der Waals surface area (Å²) in [5, 5.41) is 7.81. The number of ether oxygens (including phenoxy) is 2. The van der Waals surface area contributed by atoms with Gasteiger partial charge in [-0.15, -0.1) is 0 Å². The van der Waals surface area contributed by atoms with Gasteiger partial charge in [-0.3, -0.25) is 19.4 Å². The molecule has 9 nitrogen and oxygen atoms in total. The van der Waals surface area contributed by atoms with Crippen molar-refractivity contribution < 1.29 is 23.9 Å². The quantitative estimate of drug-likeness (QED) is 0.469. The van der Waals surface area contributed by atoms with E-state index in [0.29, 0.717) is 28.6 Å². The molecule has 0 atom stereocenters. The van der Waals surface area contributed by atoms with Crippen molar-refractivity contribution in [1.29, 1.82) is 0 Å². The molecule has 2 aromatic carbocycles. The van der Waals surface area contributed by atoms with Gasteiger partial charge in [-0.05, 0) is 30.3 Å². The Hall–Kier alpha value is -4.40. The number of nitrogens with one attached hydrogen (secondary N) is 3.